The zero-order chi connectivity index (χ0) is 30.8. The quantitative estimate of drug-likeness (QED) is 0.144. The van der Waals surface area contributed by atoms with Crippen molar-refractivity contribution < 1.29 is 0 Å². The molecule has 1 heterocycles. The van der Waals surface area contributed by atoms with E-state index in [1.807, 2.05) is 65.8 Å². The van der Waals surface area contributed by atoms with Crippen LogP contribution in [-0.2, 0) is 13.0 Å². The molecule has 4 aromatic rings. The van der Waals surface area contributed by atoms with Gasteiger partial charge in [-0.15, -0.1) is 0 Å². The van der Waals surface area contributed by atoms with Crippen molar-refractivity contribution in [2.45, 2.75) is 87.6 Å². The van der Waals surface area contributed by atoms with Gasteiger partial charge < -0.3 is 4.57 Å². The molecule has 0 aliphatic rings. The summed E-state index contributed by atoms with van der Waals surface area (Å²) in [7, 11) is 0. The minimum atomic E-state index is 0.118. The van der Waals surface area contributed by atoms with E-state index in [0.717, 1.165) is 35.8 Å². The maximum absolute atomic E-state index is 6.22. The number of benzene rings is 3. The van der Waals surface area contributed by atoms with Crippen LogP contribution in [0.3, 0.4) is 0 Å². The van der Waals surface area contributed by atoms with Crippen LogP contribution in [0.1, 0.15) is 95.8 Å². The van der Waals surface area contributed by atoms with E-state index in [2.05, 4.69) is 98.7 Å². The zero-order valence-corrected chi connectivity index (χ0v) is 27.6. The number of halogens is 1. The van der Waals surface area contributed by atoms with Crippen LogP contribution in [0.25, 0.3) is 11.0 Å². The molecule has 0 saturated heterocycles. The van der Waals surface area contributed by atoms with E-state index >= 15 is 0 Å². The number of nitrogens with zero attached hydrogens (tertiary/aromatic N) is 2. The average Bonchev–Trinajstić information content (AvgIpc) is 3.39. The van der Waals surface area contributed by atoms with Gasteiger partial charge in [-0.05, 0) is 61.2 Å². The van der Waals surface area contributed by atoms with Crippen LogP contribution in [0.5, 0.6) is 0 Å². The summed E-state index contributed by atoms with van der Waals surface area (Å²) in [6.45, 7) is 23.1. The van der Waals surface area contributed by atoms with Gasteiger partial charge in [0.25, 0.3) is 0 Å². The highest BCUT2D eigenvalue weighted by Crippen LogP contribution is 2.34. The molecule has 0 aliphatic carbocycles. The first kappa shape index (κ1) is 35.7. The van der Waals surface area contributed by atoms with Gasteiger partial charge in [0.15, 0.2) is 0 Å². The second kappa shape index (κ2) is 19.7. The lowest BCUT2D eigenvalue weighted by Crippen LogP contribution is -2.06. The van der Waals surface area contributed by atoms with Crippen molar-refractivity contribution in [3.05, 3.63) is 136 Å². The summed E-state index contributed by atoms with van der Waals surface area (Å²) >= 11 is 6.22. The van der Waals surface area contributed by atoms with Crippen LogP contribution in [0.2, 0.25) is 5.02 Å². The van der Waals surface area contributed by atoms with Crippen molar-refractivity contribution in [1.82, 2.24) is 9.55 Å². The summed E-state index contributed by atoms with van der Waals surface area (Å²) in [4.78, 5) is 4.96. The summed E-state index contributed by atoms with van der Waals surface area (Å²) in [6, 6.07) is 23.8. The Morgan fingerprint density at radius 2 is 1.44 bits per heavy atom. The fourth-order valence-electron chi connectivity index (χ4n) is 4.64. The van der Waals surface area contributed by atoms with E-state index < -0.39 is 0 Å². The second-order valence-electron chi connectivity index (χ2n) is 8.89. The van der Waals surface area contributed by atoms with E-state index in [9.17, 15) is 0 Å². The monoisotopic (exact) mass is 570 g/mol. The average molecular weight is 571 g/mol. The molecule has 3 aromatic carbocycles. The number of hydrogen-bond acceptors (Lipinski definition) is 1. The van der Waals surface area contributed by atoms with Crippen LogP contribution in [0.15, 0.2) is 103 Å². The molecule has 1 aromatic heterocycles. The zero-order valence-electron chi connectivity index (χ0n) is 26.8. The molecule has 0 N–H and O–H groups in total. The number of hydrogen-bond donors (Lipinski definition) is 0. The van der Waals surface area contributed by atoms with Gasteiger partial charge >= 0.3 is 0 Å². The number of fused-ring (bicyclic) bond motifs is 1. The molecule has 0 radical (unpaired) electrons. The molecule has 0 spiro atoms. The standard InChI is InChI=1S/C32H33ClN2.3C2H6/c1-5-8-9-24(6-2)20-21-35-30-22-27(16-19-29(30)34-31(35)7-3)32(25-12-10-23(4)11-13-25)26-14-17-28(33)18-15-26;3*1-2/h5-6,8-19,22,32H,1,7,20-21H2,2-4H3;3*1-2H3/b9-8-,24-6+;;;. The predicted octanol–water partition coefficient (Wildman–Crippen LogP) is 11.9. The Balaban J connectivity index is 0.00000131. The van der Waals surface area contributed by atoms with Crippen molar-refractivity contribution in [2.75, 3.05) is 0 Å². The Bertz CT molecular complexity index is 1310. The number of aryl methyl sites for hydroxylation is 3. The Kier molecular flexibility index (Phi) is 17.1. The van der Waals surface area contributed by atoms with Crippen molar-refractivity contribution >= 4 is 22.6 Å². The molecule has 1 atom stereocenters. The largest absolute Gasteiger partial charge is 0.328 e. The van der Waals surface area contributed by atoms with E-state index in [0.29, 0.717) is 0 Å². The van der Waals surface area contributed by atoms with Gasteiger partial charge in [0.2, 0.25) is 0 Å². The minimum Gasteiger partial charge on any atom is -0.328 e. The fraction of sp³-hybridized carbons (Fsp3) is 0.342. The summed E-state index contributed by atoms with van der Waals surface area (Å²) in [6.07, 6.45) is 9.97. The second-order valence-corrected chi connectivity index (χ2v) is 9.32. The molecule has 0 fully saturated rings. The smallest absolute Gasteiger partial charge is 0.109 e. The SMILES string of the molecule is C=C/C=C\C(=C/C)CCn1c(CC)nc2ccc(C(c3ccc(C)cc3)c3ccc(Cl)cc3)cc21.CC.CC.CC. The summed E-state index contributed by atoms with van der Waals surface area (Å²) < 4.78 is 2.39. The maximum atomic E-state index is 6.22. The van der Waals surface area contributed by atoms with Crippen LogP contribution >= 0.6 is 11.6 Å². The van der Waals surface area contributed by atoms with E-state index in [-0.39, 0.29) is 5.92 Å². The Morgan fingerprint density at radius 1 is 0.878 bits per heavy atom. The lowest BCUT2D eigenvalue weighted by Gasteiger charge is -2.20. The van der Waals surface area contributed by atoms with Crippen LogP contribution in [0.4, 0.5) is 0 Å². The first-order valence-electron chi connectivity index (χ1n) is 15.3. The molecule has 1 unspecified atom stereocenters. The molecule has 3 heteroatoms. The van der Waals surface area contributed by atoms with Gasteiger partial charge in [0.1, 0.15) is 5.82 Å². The van der Waals surface area contributed by atoms with Gasteiger partial charge in [0.05, 0.1) is 11.0 Å². The van der Waals surface area contributed by atoms with E-state index in [1.165, 1.54) is 33.3 Å². The third-order valence-electron chi connectivity index (χ3n) is 6.56. The summed E-state index contributed by atoms with van der Waals surface area (Å²) in [5, 5.41) is 0.753. The van der Waals surface area contributed by atoms with E-state index in [1.54, 1.807) is 0 Å². The molecule has 4 rings (SSSR count). The highest BCUT2D eigenvalue weighted by Gasteiger charge is 2.19. The van der Waals surface area contributed by atoms with Gasteiger partial charge in [-0.3, -0.25) is 0 Å². The third kappa shape index (κ3) is 9.90. The molecule has 0 bridgehead atoms. The van der Waals surface area contributed by atoms with Crippen LogP contribution in [0, 0.1) is 6.92 Å². The third-order valence-corrected chi connectivity index (χ3v) is 6.81. The number of aromatic nitrogens is 2. The lowest BCUT2D eigenvalue weighted by molar-refractivity contribution is 0.675. The van der Waals surface area contributed by atoms with Gasteiger partial charge in [-0.25, -0.2) is 4.98 Å². The molecule has 41 heavy (non-hydrogen) atoms. The molecule has 0 amide bonds. The van der Waals surface area contributed by atoms with Crippen molar-refractivity contribution in [2.24, 2.45) is 0 Å². The predicted molar refractivity (Wildman–Crippen MR) is 184 cm³/mol. The minimum absolute atomic E-state index is 0.118. The highest BCUT2D eigenvalue weighted by atomic mass is 35.5. The molecule has 220 valence electrons. The van der Waals surface area contributed by atoms with Gasteiger partial charge in [-0.2, -0.15) is 0 Å². The molecule has 0 saturated carbocycles. The van der Waals surface area contributed by atoms with Crippen LogP contribution < -0.4 is 0 Å². The number of rotatable bonds is 9. The number of imidazole rings is 1. The molecule has 2 nitrogen and oxygen atoms in total. The Labute approximate surface area is 255 Å². The van der Waals surface area contributed by atoms with E-state index in [4.69, 9.17) is 16.6 Å². The highest BCUT2D eigenvalue weighted by molar-refractivity contribution is 6.30. The lowest BCUT2D eigenvalue weighted by atomic mass is 9.85. The van der Waals surface area contributed by atoms with Gasteiger partial charge in [0, 0.05) is 23.9 Å². The van der Waals surface area contributed by atoms with Gasteiger partial charge in [-0.1, -0.05) is 145 Å². The fourth-order valence-corrected chi connectivity index (χ4v) is 4.76. The Hall–Kier alpha value is -3.36. The number of allylic oxidation sites excluding steroid dienone is 5. The molecule has 0 aliphatic heterocycles. The first-order valence-corrected chi connectivity index (χ1v) is 15.7. The van der Waals surface area contributed by atoms with Crippen molar-refractivity contribution in [1.29, 1.82) is 0 Å². The summed E-state index contributed by atoms with van der Waals surface area (Å²) in [5.41, 5.74) is 8.54. The normalized spacial score (nSPS) is 11.5. The Morgan fingerprint density at radius 3 is 1.98 bits per heavy atom. The van der Waals surface area contributed by atoms with Crippen molar-refractivity contribution in [3.63, 3.8) is 0 Å². The van der Waals surface area contributed by atoms with Crippen molar-refractivity contribution in [3.8, 4) is 0 Å². The molecular weight excluding hydrogens is 520 g/mol. The topological polar surface area (TPSA) is 17.8 Å². The molecular formula is C38H51ClN2. The summed E-state index contributed by atoms with van der Waals surface area (Å²) in [5.74, 6) is 1.24. The first-order chi connectivity index (χ1) is 20.0. The maximum Gasteiger partial charge on any atom is 0.109 e. The van der Waals surface area contributed by atoms with Crippen LogP contribution in [-0.4, -0.2) is 9.55 Å².